The van der Waals surface area contributed by atoms with Crippen molar-refractivity contribution in [2.24, 2.45) is 0 Å². The van der Waals surface area contributed by atoms with Gasteiger partial charge in [0.1, 0.15) is 0 Å². The van der Waals surface area contributed by atoms with Crippen molar-refractivity contribution in [2.75, 3.05) is 5.32 Å². The van der Waals surface area contributed by atoms with Crippen molar-refractivity contribution in [3.8, 4) is 0 Å². The van der Waals surface area contributed by atoms with Crippen LogP contribution in [0, 0.1) is 13.8 Å². The smallest absolute Gasteiger partial charge is 0.227 e. The lowest BCUT2D eigenvalue weighted by molar-refractivity contribution is -0.116. The lowest BCUT2D eigenvalue weighted by atomic mass is 10.2. The average molecular weight is 392 g/mol. The number of carbonyl (C=O) groups excluding carboxylic acids is 1. The van der Waals surface area contributed by atoms with Gasteiger partial charge in [0.25, 0.3) is 0 Å². The highest BCUT2D eigenvalue weighted by Crippen LogP contribution is 2.19. The van der Waals surface area contributed by atoms with Gasteiger partial charge in [0.15, 0.2) is 5.82 Å². The predicted molar refractivity (Wildman–Crippen MR) is 103 cm³/mol. The second-order valence-corrected chi connectivity index (χ2v) is 6.85. The molecule has 26 heavy (non-hydrogen) atoms. The van der Waals surface area contributed by atoms with Crippen molar-refractivity contribution in [3.05, 3.63) is 63.5 Å². The first-order chi connectivity index (χ1) is 12.4. The molecule has 6 nitrogen and oxygen atoms in total. The first-order valence-electron chi connectivity index (χ1n) is 8.19. The third kappa shape index (κ3) is 4.45. The third-order valence-electron chi connectivity index (χ3n) is 4.01. The van der Waals surface area contributed by atoms with Gasteiger partial charge in [0.05, 0.1) is 29.5 Å². The molecule has 0 saturated carbocycles. The quantitative estimate of drug-likeness (QED) is 0.688. The summed E-state index contributed by atoms with van der Waals surface area (Å²) in [6.07, 6.45) is 2.12. The molecule has 0 saturated heterocycles. The Balaban J connectivity index is 1.54. The lowest BCUT2D eigenvalue weighted by Crippen LogP contribution is -2.16. The molecule has 3 rings (SSSR count). The molecule has 1 aromatic carbocycles. The van der Waals surface area contributed by atoms with Crippen LogP contribution in [-0.4, -0.2) is 25.5 Å². The summed E-state index contributed by atoms with van der Waals surface area (Å²) >= 11 is 12.0. The SMILES string of the molecule is Cc1nn(CCC(=O)Nc2ccn(Cc3ccc(Cl)cc3)n2)c(C)c1Cl. The van der Waals surface area contributed by atoms with E-state index in [1.54, 1.807) is 15.4 Å². The minimum atomic E-state index is -0.120. The number of halogens is 2. The van der Waals surface area contributed by atoms with Gasteiger partial charge in [-0.1, -0.05) is 35.3 Å². The molecule has 0 radical (unpaired) electrons. The molecule has 0 spiro atoms. The molecule has 0 unspecified atom stereocenters. The van der Waals surface area contributed by atoms with Crippen LogP contribution in [0.25, 0.3) is 0 Å². The molecule has 0 aliphatic rings. The highest BCUT2D eigenvalue weighted by molar-refractivity contribution is 6.31. The zero-order valence-corrected chi connectivity index (χ0v) is 16.1. The molecule has 0 atom stereocenters. The Morgan fingerprint density at radius 2 is 1.85 bits per heavy atom. The van der Waals surface area contributed by atoms with E-state index in [1.807, 2.05) is 44.3 Å². The van der Waals surface area contributed by atoms with Crippen LogP contribution in [0.2, 0.25) is 10.0 Å². The second kappa shape index (κ2) is 7.93. The minimum absolute atomic E-state index is 0.120. The Morgan fingerprint density at radius 1 is 1.12 bits per heavy atom. The molecule has 0 aliphatic heterocycles. The van der Waals surface area contributed by atoms with Gasteiger partial charge in [0.2, 0.25) is 5.91 Å². The Morgan fingerprint density at radius 3 is 2.50 bits per heavy atom. The fourth-order valence-corrected chi connectivity index (χ4v) is 2.86. The van der Waals surface area contributed by atoms with E-state index in [1.165, 1.54) is 0 Å². The average Bonchev–Trinajstić information content (AvgIpc) is 3.15. The first-order valence-corrected chi connectivity index (χ1v) is 8.95. The van der Waals surface area contributed by atoms with Crippen molar-refractivity contribution < 1.29 is 4.79 Å². The number of nitrogens with zero attached hydrogens (tertiary/aromatic N) is 4. The molecule has 2 aromatic heterocycles. The lowest BCUT2D eigenvalue weighted by Gasteiger charge is -2.05. The van der Waals surface area contributed by atoms with Crippen LogP contribution >= 0.6 is 23.2 Å². The zero-order chi connectivity index (χ0) is 18.7. The molecule has 136 valence electrons. The summed E-state index contributed by atoms with van der Waals surface area (Å²) in [5.41, 5.74) is 2.71. The van der Waals surface area contributed by atoms with Crippen LogP contribution in [0.15, 0.2) is 36.5 Å². The molecule has 0 bridgehead atoms. The van der Waals surface area contributed by atoms with Gasteiger partial charge in [-0.05, 0) is 31.5 Å². The molecular formula is C18H19Cl2N5O. The van der Waals surface area contributed by atoms with Crippen LogP contribution in [0.5, 0.6) is 0 Å². The van der Waals surface area contributed by atoms with Crippen molar-refractivity contribution in [1.29, 1.82) is 0 Å². The van der Waals surface area contributed by atoms with Gasteiger partial charge >= 0.3 is 0 Å². The number of aromatic nitrogens is 4. The molecule has 2 heterocycles. The Hall–Kier alpha value is -2.31. The number of rotatable bonds is 6. The number of anilines is 1. The van der Waals surface area contributed by atoms with E-state index in [9.17, 15) is 4.79 Å². The van der Waals surface area contributed by atoms with E-state index in [2.05, 4.69) is 15.5 Å². The highest BCUT2D eigenvalue weighted by Gasteiger charge is 2.11. The second-order valence-electron chi connectivity index (χ2n) is 6.03. The summed E-state index contributed by atoms with van der Waals surface area (Å²) in [5.74, 6) is 0.404. The monoisotopic (exact) mass is 391 g/mol. The highest BCUT2D eigenvalue weighted by atomic mass is 35.5. The first kappa shape index (κ1) is 18.5. The minimum Gasteiger partial charge on any atom is -0.309 e. The topological polar surface area (TPSA) is 64.7 Å². The standard InChI is InChI=1S/C18H19Cl2N5O/c1-12-18(20)13(2)25(22-12)10-8-17(26)21-16-7-9-24(23-16)11-14-3-5-15(19)6-4-14/h3-7,9H,8,10-11H2,1-2H3,(H,21,23,26). The number of carbonyl (C=O) groups is 1. The Labute approximate surface area is 161 Å². The maximum Gasteiger partial charge on any atom is 0.227 e. The van der Waals surface area contributed by atoms with Gasteiger partial charge in [-0.25, -0.2) is 0 Å². The maximum absolute atomic E-state index is 12.1. The number of benzene rings is 1. The van der Waals surface area contributed by atoms with Crippen molar-refractivity contribution >= 4 is 34.9 Å². The van der Waals surface area contributed by atoms with Gasteiger partial charge < -0.3 is 5.32 Å². The summed E-state index contributed by atoms with van der Waals surface area (Å²) < 4.78 is 3.51. The van der Waals surface area contributed by atoms with E-state index >= 15 is 0 Å². The Kier molecular flexibility index (Phi) is 5.64. The normalized spacial score (nSPS) is 10.9. The summed E-state index contributed by atoms with van der Waals surface area (Å²) in [6.45, 7) is 4.81. The van der Waals surface area contributed by atoms with Gasteiger partial charge in [-0.2, -0.15) is 10.2 Å². The maximum atomic E-state index is 12.1. The van der Waals surface area contributed by atoms with E-state index < -0.39 is 0 Å². The predicted octanol–water partition coefficient (Wildman–Crippen LogP) is 4.08. The van der Waals surface area contributed by atoms with Crippen molar-refractivity contribution in [2.45, 2.75) is 33.4 Å². The molecular weight excluding hydrogens is 373 g/mol. The molecule has 1 N–H and O–H groups in total. The van der Waals surface area contributed by atoms with Gasteiger partial charge in [-0.15, -0.1) is 0 Å². The number of hydrogen-bond acceptors (Lipinski definition) is 3. The van der Waals surface area contributed by atoms with E-state index in [4.69, 9.17) is 23.2 Å². The molecule has 0 aliphatic carbocycles. The van der Waals surface area contributed by atoms with E-state index in [0.717, 1.165) is 17.0 Å². The third-order valence-corrected chi connectivity index (χ3v) is 4.81. The fraction of sp³-hybridized carbons (Fsp3) is 0.278. The molecule has 1 amide bonds. The van der Waals surface area contributed by atoms with Crippen LogP contribution in [0.3, 0.4) is 0 Å². The van der Waals surface area contributed by atoms with Crippen molar-refractivity contribution in [1.82, 2.24) is 19.6 Å². The van der Waals surface area contributed by atoms with E-state index in [-0.39, 0.29) is 5.91 Å². The van der Waals surface area contributed by atoms with Gasteiger partial charge in [-0.3, -0.25) is 14.2 Å². The van der Waals surface area contributed by atoms with Crippen LogP contribution < -0.4 is 5.32 Å². The molecule has 8 heteroatoms. The molecule has 3 aromatic rings. The largest absolute Gasteiger partial charge is 0.309 e. The summed E-state index contributed by atoms with van der Waals surface area (Å²) in [6, 6.07) is 9.35. The zero-order valence-electron chi connectivity index (χ0n) is 14.5. The summed E-state index contributed by atoms with van der Waals surface area (Å²) in [7, 11) is 0. The number of hydrogen-bond donors (Lipinski definition) is 1. The van der Waals surface area contributed by atoms with Crippen LogP contribution in [-0.2, 0) is 17.9 Å². The molecule has 0 fully saturated rings. The number of amides is 1. The number of aryl methyl sites for hydroxylation is 2. The van der Waals surface area contributed by atoms with Crippen molar-refractivity contribution in [3.63, 3.8) is 0 Å². The van der Waals surface area contributed by atoms with E-state index in [0.29, 0.717) is 35.4 Å². The van der Waals surface area contributed by atoms with Crippen LogP contribution in [0.1, 0.15) is 23.4 Å². The summed E-state index contributed by atoms with van der Waals surface area (Å²) in [5, 5.41) is 12.8. The summed E-state index contributed by atoms with van der Waals surface area (Å²) in [4.78, 5) is 12.1. The Bertz CT molecular complexity index is 914. The number of nitrogens with one attached hydrogen (secondary N) is 1. The fourth-order valence-electron chi connectivity index (χ4n) is 2.60. The van der Waals surface area contributed by atoms with Crippen LogP contribution in [0.4, 0.5) is 5.82 Å². The van der Waals surface area contributed by atoms with Gasteiger partial charge in [0, 0.05) is 23.7 Å².